The summed E-state index contributed by atoms with van der Waals surface area (Å²) in [4.78, 5) is 28.2. The van der Waals surface area contributed by atoms with Crippen LogP contribution in [0.3, 0.4) is 0 Å². The lowest BCUT2D eigenvalue weighted by Gasteiger charge is -2.23. The first-order valence-electron chi connectivity index (χ1n) is 9.82. The summed E-state index contributed by atoms with van der Waals surface area (Å²) in [5, 5.41) is 2.94. The molecule has 7 heteroatoms. The van der Waals surface area contributed by atoms with Gasteiger partial charge in [0.15, 0.2) is 0 Å². The first-order chi connectivity index (χ1) is 14.0. The van der Waals surface area contributed by atoms with Crippen LogP contribution in [-0.2, 0) is 17.8 Å². The van der Waals surface area contributed by atoms with Crippen molar-refractivity contribution in [2.75, 3.05) is 38.6 Å². The number of methoxy groups -OCH3 is 1. The molecule has 154 valence electrons. The molecule has 7 nitrogen and oxygen atoms in total. The van der Waals surface area contributed by atoms with Gasteiger partial charge in [-0.3, -0.25) is 9.69 Å². The lowest BCUT2D eigenvalue weighted by Crippen LogP contribution is -2.38. The Morgan fingerprint density at radius 3 is 2.52 bits per heavy atom. The van der Waals surface area contributed by atoms with Gasteiger partial charge in [0.25, 0.3) is 0 Å². The van der Waals surface area contributed by atoms with Crippen molar-refractivity contribution in [1.29, 1.82) is 0 Å². The van der Waals surface area contributed by atoms with E-state index in [0.29, 0.717) is 18.8 Å². The highest BCUT2D eigenvalue weighted by Crippen LogP contribution is 2.18. The Hall–Kier alpha value is -3.06. The maximum atomic E-state index is 12.8. The fourth-order valence-corrected chi connectivity index (χ4v) is 3.50. The van der Waals surface area contributed by atoms with E-state index in [1.807, 2.05) is 29.2 Å². The number of anilines is 1. The Bertz CT molecular complexity index is 838. The molecule has 0 radical (unpaired) electrons. The number of hydrogen-bond donors (Lipinski definition) is 2. The van der Waals surface area contributed by atoms with Crippen LogP contribution in [0.25, 0.3) is 0 Å². The van der Waals surface area contributed by atoms with Crippen LogP contribution in [0.1, 0.15) is 17.5 Å². The van der Waals surface area contributed by atoms with Crippen LogP contribution >= 0.6 is 0 Å². The van der Waals surface area contributed by atoms with Crippen molar-refractivity contribution < 1.29 is 14.3 Å². The van der Waals surface area contributed by atoms with E-state index in [-0.39, 0.29) is 12.5 Å². The van der Waals surface area contributed by atoms with E-state index in [4.69, 9.17) is 10.5 Å². The van der Waals surface area contributed by atoms with Crippen LogP contribution in [0.2, 0.25) is 0 Å². The van der Waals surface area contributed by atoms with Gasteiger partial charge < -0.3 is 20.7 Å². The molecule has 1 saturated heterocycles. The van der Waals surface area contributed by atoms with Crippen molar-refractivity contribution in [3.05, 3.63) is 59.7 Å². The molecule has 0 aliphatic carbocycles. The number of nitrogens with one attached hydrogen (secondary N) is 1. The molecule has 29 heavy (non-hydrogen) atoms. The minimum atomic E-state index is -0.421. The fourth-order valence-electron chi connectivity index (χ4n) is 3.50. The molecule has 3 rings (SSSR count). The third kappa shape index (κ3) is 5.96. The molecule has 0 unspecified atom stereocenters. The molecule has 1 aliphatic rings. The lowest BCUT2D eigenvalue weighted by atomic mass is 10.1. The van der Waals surface area contributed by atoms with E-state index in [1.165, 1.54) is 5.56 Å². The number of para-hydroxylation sites is 1. The number of benzene rings is 2. The molecular formula is C22H28N4O3. The number of primary amides is 1. The smallest absolute Gasteiger partial charge is 0.321 e. The molecule has 1 heterocycles. The summed E-state index contributed by atoms with van der Waals surface area (Å²) in [5.74, 6) is 0.430. The number of carbonyl (C=O) groups is 2. The van der Waals surface area contributed by atoms with Crippen LogP contribution in [0.5, 0.6) is 5.75 Å². The minimum Gasteiger partial charge on any atom is -0.497 e. The number of ether oxygens (including phenoxy) is 1. The summed E-state index contributed by atoms with van der Waals surface area (Å²) in [5.41, 5.74) is 7.89. The van der Waals surface area contributed by atoms with Crippen LogP contribution in [-0.4, -0.2) is 55.0 Å². The molecule has 2 aromatic carbocycles. The summed E-state index contributed by atoms with van der Waals surface area (Å²) in [6.07, 6.45) is 1.01. The average Bonchev–Trinajstić information content (AvgIpc) is 2.95. The average molecular weight is 396 g/mol. The third-order valence-corrected chi connectivity index (χ3v) is 5.06. The van der Waals surface area contributed by atoms with Crippen molar-refractivity contribution in [1.82, 2.24) is 9.80 Å². The molecule has 2 aromatic rings. The zero-order valence-corrected chi connectivity index (χ0v) is 16.8. The lowest BCUT2D eigenvalue weighted by molar-refractivity contribution is -0.117. The number of urea groups is 1. The van der Waals surface area contributed by atoms with Gasteiger partial charge in [0, 0.05) is 38.4 Å². The van der Waals surface area contributed by atoms with E-state index >= 15 is 0 Å². The van der Waals surface area contributed by atoms with Crippen LogP contribution in [0.15, 0.2) is 48.5 Å². The number of carbonyl (C=O) groups excluding carboxylic acids is 2. The standard InChI is InChI=1S/C22H28N4O3/c1-29-19-9-7-17(8-10-19)16-25-11-4-12-26(14-13-25)22(28)24-20-6-3-2-5-18(20)15-21(23)27/h2-3,5-10H,4,11-16H2,1H3,(H2,23,27)(H,24,28). The normalized spacial score (nSPS) is 14.9. The maximum absolute atomic E-state index is 12.8. The maximum Gasteiger partial charge on any atom is 0.321 e. The Morgan fingerprint density at radius 1 is 1.03 bits per heavy atom. The van der Waals surface area contributed by atoms with Gasteiger partial charge in [-0.05, 0) is 35.7 Å². The first-order valence-corrected chi connectivity index (χ1v) is 9.82. The Balaban J connectivity index is 1.56. The van der Waals surface area contributed by atoms with Gasteiger partial charge in [-0.15, -0.1) is 0 Å². The van der Waals surface area contributed by atoms with Crippen LogP contribution in [0, 0.1) is 0 Å². The van der Waals surface area contributed by atoms with Crippen molar-refractivity contribution in [3.63, 3.8) is 0 Å². The molecule has 1 fully saturated rings. The predicted molar refractivity (Wildman–Crippen MR) is 113 cm³/mol. The van der Waals surface area contributed by atoms with E-state index in [2.05, 4.69) is 22.3 Å². The van der Waals surface area contributed by atoms with Gasteiger partial charge in [0.2, 0.25) is 5.91 Å². The topological polar surface area (TPSA) is 87.9 Å². The number of hydrogen-bond acceptors (Lipinski definition) is 4. The molecule has 0 atom stereocenters. The summed E-state index contributed by atoms with van der Waals surface area (Å²) < 4.78 is 5.21. The monoisotopic (exact) mass is 396 g/mol. The third-order valence-electron chi connectivity index (χ3n) is 5.06. The summed E-state index contributed by atoms with van der Waals surface area (Å²) in [6.45, 7) is 3.94. The van der Waals surface area contributed by atoms with E-state index in [9.17, 15) is 9.59 Å². The molecule has 3 amide bonds. The number of nitrogens with zero attached hydrogens (tertiary/aromatic N) is 2. The molecule has 0 bridgehead atoms. The highest BCUT2D eigenvalue weighted by atomic mass is 16.5. The van der Waals surface area contributed by atoms with Gasteiger partial charge in [-0.2, -0.15) is 0 Å². The molecule has 3 N–H and O–H groups in total. The Morgan fingerprint density at radius 2 is 1.79 bits per heavy atom. The van der Waals surface area contributed by atoms with E-state index < -0.39 is 5.91 Å². The predicted octanol–water partition coefficient (Wildman–Crippen LogP) is 2.46. The molecule has 0 saturated carbocycles. The minimum absolute atomic E-state index is 0.103. The second-order valence-electron chi connectivity index (χ2n) is 7.20. The van der Waals surface area contributed by atoms with E-state index in [1.54, 1.807) is 19.2 Å². The van der Waals surface area contributed by atoms with Gasteiger partial charge in [-0.25, -0.2) is 4.79 Å². The van der Waals surface area contributed by atoms with Gasteiger partial charge in [0.05, 0.1) is 13.5 Å². The SMILES string of the molecule is COc1ccc(CN2CCCN(C(=O)Nc3ccccc3CC(N)=O)CC2)cc1. The Kier molecular flexibility index (Phi) is 7.08. The Labute approximate surface area is 171 Å². The van der Waals surface area contributed by atoms with Crippen LogP contribution < -0.4 is 15.8 Å². The van der Waals surface area contributed by atoms with Gasteiger partial charge in [0.1, 0.15) is 5.75 Å². The number of amides is 3. The second-order valence-corrected chi connectivity index (χ2v) is 7.20. The van der Waals surface area contributed by atoms with Crippen LogP contribution in [0.4, 0.5) is 10.5 Å². The second kappa shape index (κ2) is 9.93. The van der Waals surface area contributed by atoms with Crippen molar-refractivity contribution >= 4 is 17.6 Å². The van der Waals surface area contributed by atoms with E-state index in [0.717, 1.165) is 37.4 Å². The highest BCUT2D eigenvalue weighted by molar-refractivity contribution is 5.91. The summed E-state index contributed by atoms with van der Waals surface area (Å²) in [7, 11) is 1.66. The van der Waals surface area contributed by atoms with Crippen molar-refractivity contribution in [2.24, 2.45) is 5.73 Å². The van der Waals surface area contributed by atoms with Crippen molar-refractivity contribution in [3.8, 4) is 5.75 Å². The van der Waals surface area contributed by atoms with Crippen molar-refractivity contribution in [2.45, 2.75) is 19.4 Å². The molecule has 1 aliphatic heterocycles. The zero-order valence-electron chi connectivity index (χ0n) is 16.8. The first kappa shape index (κ1) is 20.7. The number of rotatable bonds is 6. The number of nitrogens with two attached hydrogens (primary N) is 1. The quantitative estimate of drug-likeness (QED) is 0.785. The largest absolute Gasteiger partial charge is 0.497 e. The molecule has 0 spiro atoms. The fraction of sp³-hybridized carbons (Fsp3) is 0.364. The molecular weight excluding hydrogens is 368 g/mol. The van der Waals surface area contributed by atoms with Gasteiger partial charge >= 0.3 is 6.03 Å². The zero-order chi connectivity index (χ0) is 20.6. The highest BCUT2D eigenvalue weighted by Gasteiger charge is 2.20. The summed E-state index contributed by atoms with van der Waals surface area (Å²) >= 11 is 0. The summed E-state index contributed by atoms with van der Waals surface area (Å²) in [6, 6.07) is 15.2. The molecule has 0 aromatic heterocycles. The van der Waals surface area contributed by atoms with Gasteiger partial charge in [-0.1, -0.05) is 30.3 Å².